The summed E-state index contributed by atoms with van der Waals surface area (Å²) in [6.07, 6.45) is 0. The van der Waals surface area contributed by atoms with Gasteiger partial charge in [-0.1, -0.05) is 35.9 Å². The van der Waals surface area contributed by atoms with Gasteiger partial charge in [-0.05, 0) is 36.4 Å². The fourth-order valence-electron chi connectivity index (χ4n) is 3.02. The number of rotatable bonds is 5. The Labute approximate surface area is 174 Å². The van der Waals surface area contributed by atoms with Crippen molar-refractivity contribution in [3.8, 4) is 11.3 Å². The number of sulfonamides is 1. The van der Waals surface area contributed by atoms with E-state index < -0.39 is 10.0 Å². The van der Waals surface area contributed by atoms with E-state index in [2.05, 4.69) is 19.8 Å². The second-order valence-electron chi connectivity index (χ2n) is 6.49. The minimum atomic E-state index is -3.77. The molecule has 0 amide bonds. The van der Waals surface area contributed by atoms with Gasteiger partial charge in [0, 0.05) is 24.3 Å². The molecule has 0 radical (unpaired) electrons. The highest BCUT2D eigenvalue weighted by molar-refractivity contribution is 7.92. The Balaban J connectivity index is 1.48. The molecule has 0 saturated carbocycles. The number of hydrogen-bond donors (Lipinski definition) is 1. The number of halogens is 1. The van der Waals surface area contributed by atoms with Crippen molar-refractivity contribution in [2.75, 3.05) is 35.9 Å². The molecule has 1 aliphatic heterocycles. The lowest BCUT2D eigenvalue weighted by Gasteiger charge is -2.27. The molecule has 2 aromatic carbocycles. The Morgan fingerprint density at radius 3 is 2.31 bits per heavy atom. The molecule has 1 fully saturated rings. The molecule has 0 aliphatic carbocycles. The van der Waals surface area contributed by atoms with Gasteiger partial charge in [-0.15, -0.1) is 10.2 Å². The van der Waals surface area contributed by atoms with E-state index in [9.17, 15) is 8.42 Å². The molecular formula is C20H19ClN4O3S. The second-order valence-corrected chi connectivity index (χ2v) is 8.55. The molecule has 3 aromatic rings. The van der Waals surface area contributed by atoms with Crippen LogP contribution < -0.4 is 9.62 Å². The van der Waals surface area contributed by atoms with Gasteiger partial charge in [0.25, 0.3) is 10.0 Å². The average Bonchev–Trinajstić information content (AvgIpc) is 2.75. The van der Waals surface area contributed by atoms with Crippen LogP contribution in [0.1, 0.15) is 0 Å². The Morgan fingerprint density at radius 2 is 1.66 bits per heavy atom. The van der Waals surface area contributed by atoms with Crippen LogP contribution in [-0.2, 0) is 14.8 Å². The van der Waals surface area contributed by atoms with E-state index in [1.807, 2.05) is 12.1 Å². The lowest BCUT2D eigenvalue weighted by Crippen LogP contribution is -2.36. The van der Waals surface area contributed by atoms with E-state index >= 15 is 0 Å². The zero-order chi connectivity index (χ0) is 20.3. The van der Waals surface area contributed by atoms with E-state index in [0.29, 0.717) is 24.6 Å². The van der Waals surface area contributed by atoms with E-state index in [4.69, 9.17) is 16.3 Å². The number of hydrogen-bond acceptors (Lipinski definition) is 6. The molecule has 0 bridgehead atoms. The number of morpholine rings is 1. The van der Waals surface area contributed by atoms with Gasteiger partial charge in [-0.2, -0.15) is 0 Å². The van der Waals surface area contributed by atoms with Crippen molar-refractivity contribution in [3.63, 3.8) is 0 Å². The summed E-state index contributed by atoms with van der Waals surface area (Å²) in [7, 11) is -3.77. The lowest BCUT2D eigenvalue weighted by atomic mass is 10.1. The van der Waals surface area contributed by atoms with Crippen molar-refractivity contribution in [3.05, 3.63) is 65.7 Å². The van der Waals surface area contributed by atoms with Gasteiger partial charge in [0.15, 0.2) is 5.82 Å². The van der Waals surface area contributed by atoms with E-state index in [1.165, 1.54) is 6.07 Å². The third-order valence-electron chi connectivity index (χ3n) is 4.54. The van der Waals surface area contributed by atoms with Gasteiger partial charge in [-0.3, -0.25) is 4.72 Å². The number of nitrogens with zero attached hydrogens (tertiary/aromatic N) is 3. The number of anilines is 2. The number of benzene rings is 2. The van der Waals surface area contributed by atoms with E-state index in [1.54, 1.807) is 42.5 Å². The summed E-state index contributed by atoms with van der Waals surface area (Å²) in [4.78, 5) is 2.17. The van der Waals surface area contributed by atoms with Gasteiger partial charge in [0.1, 0.15) is 4.90 Å². The zero-order valence-corrected chi connectivity index (χ0v) is 17.0. The summed E-state index contributed by atoms with van der Waals surface area (Å²) in [5, 5.41) is 8.78. The molecule has 1 aliphatic rings. The molecule has 0 spiro atoms. The monoisotopic (exact) mass is 430 g/mol. The molecule has 0 unspecified atom stereocenters. The van der Waals surface area contributed by atoms with Crippen LogP contribution in [0.3, 0.4) is 0 Å². The standard InChI is InChI=1S/C20H19ClN4O3S/c21-17-3-1-2-4-19(17)29(26,27)24-16-7-5-15(6-8-16)18-9-10-20(23-22-18)25-11-13-28-14-12-25/h1-10,24H,11-14H2. The lowest BCUT2D eigenvalue weighted by molar-refractivity contribution is 0.122. The summed E-state index contributed by atoms with van der Waals surface area (Å²) in [5.74, 6) is 0.821. The van der Waals surface area contributed by atoms with Crippen LogP contribution in [0.4, 0.5) is 11.5 Å². The third-order valence-corrected chi connectivity index (χ3v) is 6.43. The van der Waals surface area contributed by atoms with Crippen LogP contribution in [0, 0.1) is 0 Å². The summed E-state index contributed by atoms with van der Waals surface area (Å²) in [5.41, 5.74) is 1.99. The van der Waals surface area contributed by atoms with Crippen molar-refractivity contribution in [1.29, 1.82) is 0 Å². The Hall–Kier alpha value is -2.68. The zero-order valence-electron chi connectivity index (χ0n) is 15.5. The predicted molar refractivity (Wildman–Crippen MR) is 113 cm³/mol. The van der Waals surface area contributed by atoms with Gasteiger partial charge in [-0.25, -0.2) is 8.42 Å². The van der Waals surface area contributed by atoms with Crippen LogP contribution in [0.2, 0.25) is 5.02 Å². The Bertz CT molecular complexity index is 1080. The van der Waals surface area contributed by atoms with E-state index in [-0.39, 0.29) is 9.92 Å². The van der Waals surface area contributed by atoms with Crippen molar-refractivity contribution < 1.29 is 13.2 Å². The minimum Gasteiger partial charge on any atom is -0.378 e. The van der Waals surface area contributed by atoms with Gasteiger partial charge in [0.05, 0.1) is 23.9 Å². The molecule has 1 saturated heterocycles. The molecule has 9 heteroatoms. The van der Waals surface area contributed by atoms with Crippen LogP contribution >= 0.6 is 11.6 Å². The maximum atomic E-state index is 12.5. The summed E-state index contributed by atoms with van der Waals surface area (Å²) in [6.45, 7) is 2.98. The molecule has 0 atom stereocenters. The molecule has 1 N–H and O–H groups in total. The highest BCUT2D eigenvalue weighted by Crippen LogP contribution is 2.25. The third kappa shape index (κ3) is 4.50. The number of nitrogens with one attached hydrogen (secondary N) is 1. The fourth-order valence-corrected chi connectivity index (χ4v) is 4.60. The highest BCUT2D eigenvalue weighted by atomic mass is 35.5. The van der Waals surface area contributed by atoms with Crippen molar-refractivity contribution in [2.24, 2.45) is 0 Å². The van der Waals surface area contributed by atoms with Gasteiger partial charge < -0.3 is 9.64 Å². The summed E-state index contributed by atoms with van der Waals surface area (Å²) >= 11 is 6.00. The van der Waals surface area contributed by atoms with Crippen molar-refractivity contribution >= 4 is 33.1 Å². The Morgan fingerprint density at radius 1 is 0.931 bits per heavy atom. The van der Waals surface area contributed by atoms with Gasteiger partial charge in [0.2, 0.25) is 0 Å². The fraction of sp³-hybridized carbons (Fsp3) is 0.200. The van der Waals surface area contributed by atoms with Crippen LogP contribution in [-0.4, -0.2) is 44.9 Å². The van der Waals surface area contributed by atoms with Gasteiger partial charge >= 0.3 is 0 Å². The Kier molecular flexibility index (Phi) is 5.66. The first-order chi connectivity index (χ1) is 14.0. The molecular weight excluding hydrogens is 412 g/mol. The number of aromatic nitrogens is 2. The second kappa shape index (κ2) is 8.36. The first kappa shape index (κ1) is 19.6. The SMILES string of the molecule is O=S(=O)(Nc1ccc(-c2ccc(N3CCOCC3)nn2)cc1)c1ccccc1Cl. The molecule has 29 heavy (non-hydrogen) atoms. The topological polar surface area (TPSA) is 84.4 Å². The van der Waals surface area contributed by atoms with Crippen molar-refractivity contribution in [2.45, 2.75) is 4.90 Å². The molecule has 2 heterocycles. The van der Waals surface area contributed by atoms with Crippen LogP contribution in [0.15, 0.2) is 65.6 Å². The quantitative estimate of drug-likeness (QED) is 0.667. The first-order valence-electron chi connectivity index (χ1n) is 9.07. The first-order valence-corrected chi connectivity index (χ1v) is 10.9. The van der Waals surface area contributed by atoms with Crippen molar-refractivity contribution in [1.82, 2.24) is 10.2 Å². The maximum absolute atomic E-state index is 12.5. The summed E-state index contributed by atoms with van der Waals surface area (Å²) < 4.78 is 33.0. The van der Waals surface area contributed by atoms with E-state index in [0.717, 1.165) is 24.5 Å². The minimum absolute atomic E-state index is 0.0373. The van der Waals surface area contributed by atoms with Crippen LogP contribution in [0.25, 0.3) is 11.3 Å². The van der Waals surface area contributed by atoms with Crippen LogP contribution in [0.5, 0.6) is 0 Å². The molecule has 4 rings (SSSR count). The maximum Gasteiger partial charge on any atom is 0.263 e. The number of ether oxygens (including phenoxy) is 1. The molecule has 7 nitrogen and oxygen atoms in total. The largest absolute Gasteiger partial charge is 0.378 e. The predicted octanol–water partition coefficient (Wildman–Crippen LogP) is 3.43. The normalized spacial score (nSPS) is 14.6. The smallest absolute Gasteiger partial charge is 0.263 e. The summed E-state index contributed by atoms with van der Waals surface area (Å²) in [6, 6.07) is 17.1. The highest BCUT2D eigenvalue weighted by Gasteiger charge is 2.17. The molecule has 150 valence electrons. The molecule has 1 aromatic heterocycles. The average molecular weight is 431 g/mol.